The maximum atomic E-state index is 12.3. The summed E-state index contributed by atoms with van der Waals surface area (Å²) in [6.45, 7) is 9.83. The average molecular weight is 577 g/mol. The number of fused-ring (bicyclic) bond motifs is 2. The molecule has 1 aromatic carbocycles. The SMILES string of the molecule is CCc1nc2ccccc2n1-c1nc(N2CCOCC2)c2nc(C(O)C3CCN(C(C)(C)C(=O)OC)CC3)n(C)c2n1. The summed E-state index contributed by atoms with van der Waals surface area (Å²) in [5, 5.41) is 11.7. The van der Waals surface area contributed by atoms with Gasteiger partial charge in [0.15, 0.2) is 17.0 Å². The zero-order valence-electron chi connectivity index (χ0n) is 25.1. The molecule has 1 N–H and O–H groups in total. The van der Waals surface area contributed by atoms with Crippen molar-refractivity contribution in [3.63, 3.8) is 0 Å². The van der Waals surface area contributed by atoms with Gasteiger partial charge in [0, 0.05) is 26.6 Å². The summed E-state index contributed by atoms with van der Waals surface area (Å²) in [7, 11) is 3.33. The number of esters is 1. The maximum absolute atomic E-state index is 12.3. The van der Waals surface area contributed by atoms with Gasteiger partial charge in [0.05, 0.1) is 31.4 Å². The molecule has 5 heterocycles. The standard InChI is InChI=1S/C30H40N8O4/c1-6-22-31-20-9-7-8-10-21(20)38(22)29-33-25-23(26(34-29)36-15-17-42-18-16-36)32-27(35(25)4)24(39)19-11-13-37(14-12-19)30(2,3)28(40)41-5/h7-10,19,24,39H,6,11-18H2,1-5H3. The number of aryl methyl sites for hydroxylation is 2. The third-order valence-electron chi connectivity index (χ3n) is 8.91. The van der Waals surface area contributed by atoms with Crippen molar-refractivity contribution in [2.24, 2.45) is 13.0 Å². The number of para-hydroxylation sites is 2. The average Bonchev–Trinajstić information content (AvgIpc) is 3.57. The Balaban J connectivity index is 1.39. The highest BCUT2D eigenvalue weighted by Crippen LogP contribution is 2.36. The molecule has 0 radical (unpaired) electrons. The van der Waals surface area contributed by atoms with Gasteiger partial charge in [-0.1, -0.05) is 19.1 Å². The lowest BCUT2D eigenvalue weighted by molar-refractivity contribution is -0.154. The van der Waals surface area contributed by atoms with Crippen LogP contribution in [0.2, 0.25) is 0 Å². The van der Waals surface area contributed by atoms with Crippen molar-refractivity contribution >= 4 is 34.0 Å². The van der Waals surface area contributed by atoms with Crippen molar-refractivity contribution in [1.29, 1.82) is 0 Å². The van der Waals surface area contributed by atoms with E-state index >= 15 is 0 Å². The topological polar surface area (TPSA) is 124 Å². The molecule has 1 unspecified atom stereocenters. The van der Waals surface area contributed by atoms with Crippen LogP contribution in [0.1, 0.15) is 51.4 Å². The van der Waals surface area contributed by atoms with E-state index in [1.165, 1.54) is 7.11 Å². The molecule has 12 heteroatoms. The van der Waals surface area contributed by atoms with Gasteiger partial charge in [-0.3, -0.25) is 14.3 Å². The number of carbonyl (C=O) groups is 1. The van der Waals surface area contributed by atoms with Crippen LogP contribution in [0.5, 0.6) is 0 Å². The fourth-order valence-corrected chi connectivity index (χ4v) is 6.31. The molecule has 2 fully saturated rings. The molecule has 0 saturated carbocycles. The van der Waals surface area contributed by atoms with Gasteiger partial charge in [0.1, 0.15) is 23.3 Å². The van der Waals surface area contributed by atoms with E-state index in [0.29, 0.717) is 62.3 Å². The van der Waals surface area contributed by atoms with Crippen LogP contribution in [0.3, 0.4) is 0 Å². The third-order valence-corrected chi connectivity index (χ3v) is 8.91. The van der Waals surface area contributed by atoms with Crippen molar-refractivity contribution in [2.75, 3.05) is 51.4 Å². The zero-order valence-corrected chi connectivity index (χ0v) is 25.1. The number of aliphatic hydroxyl groups excluding tert-OH is 1. The van der Waals surface area contributed by atoms with Crippen LogP contribution >= 0.6 is 0 Å². The van der Waals surface area contributed by atoms with Crippen LogP contribution in [0.15, 0.2) is 24.3 Å². The number of imidazole rings is 2. The Morgan fingerprint density at radius 3 is 2.50 bits per heavy atom. The Labute approximate surface area is 245 Å². The second-order valence-corrected chi connectivity index (χ2v) is 11.7. The lowest BCUT2D eigenvalue weighted by Crippen LogP contribution is -2.54. The summed E-state index contributed by atoms with van der Waals surface area (Å²) in [5.41, 5.74) is 2.47. The van der Waals surface area contributed by atoms with Gasteiger partial charge >= 0.3 is 5.97 Å². The minimum atomic E-state index is -0.783. The second-order valence-electron chi connectivity index (χ2n) is 11.7. The Kier molecular flexibility index (Phi) is 7.62. The molecule has 12 nitrogen and oxygen atoms in total. The Hall–Kier alpha value is -3.61. The van der Waals surface area contributed by atoms with E-state index in [2.05, 4.69) is 16.7 Å². The van der Waals surface area contributed by atoms with Gasteiger partial charge in [-0.15, -0.1) is 0 Å². The molecule has 3 aromatic heterocycles. The number of rotatable bonds is 7. The Morgan fingerprint density at radius 1 is 1.10 bits per heavy atom. The van der Waals surface area contributed by atoms with Gasteiger partial charge in [0.25, 0.3) is 0 Å². The van der Waals surface area contributed by atoms with Crippen LogP contribution in [0.25, 0.3) is 28.1 Å². The van der Waals surface area contributed by atoms with Gasteiger partial charge < -0.3 is 24.0 Å². The van der Waals surface area contributed by atoms with Crippen LogP contribution in [0, 0.1) is 5.92 Å². The van der Waals surface area contributed by atoms with Crippen LogP contribution in [-0.2, 0) is 27.7 Å². The number of aliphatic hydroxyl groups is 1. The van der Waals surface area contributed by atoms with E-state index in [9.17, 15) is 9.90 Å². The highest BCUT2D eigenvalue weighted by molar-refractivity contribution is 5.86. The molecular formula is C30H40N8O4. The fraction of sp³-hybridized carbons (Fsp3) is 0.567. The molecular weight excluding hydrogens is 536 g/mol. The molecule has 2 aliphatic rings. The maximum Gasteiger partial charge on any atom is 0.325 e. The summed E-state index contributed by atoms with van der Waals surface area (Å²) >= 11 is 0. The minimum absolute atomic E-state index is 0.00578. The van der Waals surface area contributed by atoms with Crippen molar-refractivity contribution in [2.45, 2.75) is 51.7 Å². The Morgan fingerprint density at radius 2 is 1.81 bits per heavy atom. The summed E-state index contributed by atoms with van der Waals surface area (Å²) < 4.78 is 14.6. The normalized spacial score (nSPS) is 18.2. The minimum Gasteiger partial charge on any atom is -0.468 e. The van der Waals surface area contributed by atoms with Gasteiger partial charge in [-0.05, 0) is 57.8 Å². The van der Waals surface area contributed by atoms with Crippen LogP contribution < -0.4 is 4.90 Å². The number of likely N-dealkylation sites (tertiary alicyclic amines) is 1. The van der Waals surface area contributed by atoms with Crippen molar-refractivity contribution in [3.8, 4) is 5.95 Å². The first-order chi connectivity index (χ1) is 20.2. The second kappa shape index (κ2) is 11.2. The first kappa shape index (κ1) is 28.5. The largest absolute Gasteiger partial charge is 0.468 e. The van der Waals surface area contributed by atoms with Gasteiger partial charge in [0.2, 0.25) is 5.95 Å². The number of anilines is 1. The molecule has 4 aromatic rings. The van der Waals surface area contributed by atoms with E-state index in [4.69, 9.17) is 29.4 Å². The number of hydrogen-bond acceptors (Lipinski definition) is 10. The predicted molar refractivity (Wildman–Crippen MR) is 159 cm³/mol. The molecule has 2 aliphatic heterocycles. The van der Waals surface area contributed by atoms with Gasteiger partial charge in [-0.2, -0.15) is 9.97 Å². The molecule has 6 rings (SSSR count). The lowest BCUT2D eigenvalue weighted by atomic mass is 9.88. The lowest BCUT2D eigenvalue weighted by Gasteiger charge is -2.41. The highest BCUT2D eigenvalue weighted by atomic mass is 16.5. The summed E-state index contributed by atoms with van der Waals surface area (Å²) in [5.74, 6) is 2.47. The predicted octanol–water partition coefficient (Wildman–Crippen LogP) is 2.80. The molecule has 0 spiro atoms. The smallest absolute Gasteiger partial charge is 0.325 e. The van der Waals surface area contributed by atoms with E-state index in [-0.39, 0.29) is 11.9 Å². The molecule has 0 aliphatic carbocycles. The van der Waals surface area contributed by atoms with E-state index in [0.717, 1.165) is 41.9 Å². The van der Waals surface area contributed by atoms with E-state index in [1.807, 2.05) is 54.3 Å². The molecule has 0 bridgehead atoms. The number of methoxy groups -OCH3 is 1. The first-order valence-corrected chi connectivity index (χ1v) is 14.8. The van der Waals surface area contributed by atoms with E-state index in [1.54, 1.807) is 0 Å². The van der Waals surface area contributed by atoms with Crippen LogP contribution in [0.4, 0.5) is 5.82 Å². The summed E-state index contributed by atoms with van der Waals surface area (Å²) in [6, 6.07) is 8.02. The number of piperidine rings is 1. The number of aromatic nitrogens is 6. The van der Waals surface area contributed by atoms with Crippen molar-refractivity contribution < 1.29 is 19.4 Å². The first-order valence-electron chi connectivity index (χ1n) is 14.8. The molecule has 42 heavy (non-hydrogen) atoms. The third kappa shape index (κ3) is 4.81. The van der Waals surface area contributed by atoms with Crippen molar-refractivity contribution in [3.05, 3.63) is 35.9 Å². The highest BCUT2D eigenvalue weighted by Gasteiger charge is 2.40. The fourth-order valence-electron chi connectivity index (χ4n) is 6.31. The number of hydrogen-bond donors (Lipinski definition) is 1. The van der Waals surface area contributed by atoms with Gasteiger partial charge in [-0.25, -0.2) is 9.97 Å². The van der Waals surface area contributed by atoms with Crippen LogP contribution in [-0.4, -0.2) is 97.1 Å². The number of nitrogens with zero attached hydrogens (tertiary/aromatic N) is 8. The Bertz CT molecular complexity index is 1600. The number of carbonyl (C=O) groups excluding carboxylic acids is 1. The monoisotopic (exact) mass is 576 g/mol. The van der Waals surface area contributed by atoms with E-state index < -0.39 is 11.6 Å². The summed E-state index contributed by atoms with van der Waals surface area (Å²) in [6.07, 6.45) is 1.41. The molecule has 224 valence electrons. The van der Waals surface area contributed by atoms with Crippen molar-refractivity contribution in [1.82, 2.24) is 34.0 Å². The number of benzene rings is 1. The molecule has 0 amide bonds. The zero-order chi connectivity index (χ0) is 29.6. The summed E-state index contributed by atoms with van der Waals surface area (Å²) in [4.78, 5) is 36.6. The molecule has 1 atom stereocenters. The number of ether oxygens (including phenoxy) is 2. The number of morpholine rings is 1. The quantitative estimate of drug-likeness (QED) is 0.329. The molecule has 2 saturated heterocycles.